The minimum Gasteiger partial charge on any atom is -0.143 e. The van der Waals surface area contributed by atoms with Crippen molar-refractivity contribution in [3.63, 3.8) is 0 Å². The van der Waals surface area contributed by atoms with Gasteiger partial charge in [0, 0.05) is 38.3 Å². The van der Waals surface area contributed by atoms with Crippen LogP contribution in [0.3, 0.4) is 0 Å². The van der Waals surface area contributed by atoms with Crippen molar-refractivity contribution in [1.29, 1.82) is 0 Å². The molecule has 0 heterocycles. The van der Waals surface area contributed by atoms with E-state index in [1.807, 2.05) is 54.6 Å². The number of hydrogen-bond acceptors (Lipinski definition) is 1. The summed E-state index contributed by atoms with van der Waals surface area (Å²) in [5, 5.41) is 0. The quantitative estimate of drug-likeness (QED) is 0.233. The fraction of sp³-hybridized carbons (Fsp3) is 0.118. The zero-order valence-corrected chi connectivity index (χ0v) is 20.9. The van der Waals surface area contributed by atoms with Gasteiger partial charge in [0.25, 0.3) is 0 Å². The summed E-state index contributed by atoms with van der Waals surface area (Å²) < 4.78 is 0. The highest BCUT2D eigenvalue weighted by Gasteiger charge is 2.02. The van der Waals surface area contributed by atoms with Crippen LogP contribution in [0.2, 0.25) is 0 Å². The molecule has 0 bridgehead atoms. The van der Waals surface area contributed by atoms with Crippen LogP contribution in [0.4, 0.5) is 0 Å². The molecule has 0 aliphatic rings. The van der Waals surface area contributed by atoms with E-state index in [1.54, 1.807) is 0 Å². The molecular formula is C34H26S. The third-order valence-electron chi connectivity index (χ3n) is 5.65. The van der Waals surface area contributed by atoms with Crippen LogP contribution in [0.1, 0.15) is 58.4 Å². The van der Waals surface area contributed by atoms with Crippen LogP contribution < -0.4 is 0 Å². The largest absolute Gasteiger partial charge is 0.143 e. The van der Waals surface area contributed by atoms with Crippen molar-refractivity contribution < 1.29 is 0 Å². The molecule has 0 atom stereocenters. The Labute approximate surface area is 214 Å². The van der Waals surface area contributed by atoms with E-state index in [9.17, 15) is 0 Å². The second-order valence-electron chi connectivity index (χ2n) is 8.11. The average Bonchev–Trinajstić information content (AvgIpc) is 2.91. The summed E-state index contributed by atoms with van der Waals surface area (Å²) in [7, 11) is 0. The molecule has 0 aromatic heterocycles. The van der Waals surface area contributed by atoms with E-state index in [4.69, 9.17) is 0 Å². The molecule has 0 N–H and O–H groups in total. The van der Waals surface area contributed by atoms with Gasteiger partial charge in [0.05, 0.1) is 0 Å². The second-order valence-corrected chi connectivity index (χ2v) is 8.63. The summed E-state index contributed by atoms with van der Waals surface area (Å²) in [5.41, 5.74) is 8.52. The van der Waals surface area contributed by atoms with E-state index in [1.165, 1.54) is 11.1 Å². The first-order chi connectivity index (χ1) is 17.1. The molecule has 35 heavy (non-hydrogen) atoms. The fourth-order valence-electron chi connectivity index (χ4n) is 3.66. The Balaban J connectivity index is 1.55. The first-order valence-corrected chi connectivity index (χ1v) is 12.3. The predicted octanol–water partition coefficient (Wildman–Crippen LogP) is 7.30. The molecule has 4 aromatic carbocycles. The van der Waals surface area contributed by atoms with Crippen LogP contribution in [0, 0.1) is 35.5 Å². The molecule has 0 spiro atoms. The topological polar surface area (TPSA) is 0 Å². The van der Waals surface area contributed by atoms with Crippen LogP contribution in [-0.2, 0) is 12.8 Å². The van der Waals surface area contributed by atoms with Crippen molar-refractivity contribution in [2.75, 3.05) is 0 Å². The Kier molecular flexibility index (Phi) is 8.15. The molecule has 1 heteroatoms. The summed E-state index contributed by atoms with van der Waals surface area (Å²) >= 11 is 4.33. The lowest BCUT2D eigenvalue weighted by atomic mass is 10.00. The molecule has 0 fully saturated rings. The normalized spacial score (nSPS) is 9.69. The molecule has 0 unspecified atom stereocenters. The Morgan fingerprint density at radius 2 is 0.914 bits per heavy atom. The van der Waals surface area contributed by atoms with Gasteiger partial charge in [-0.25, -0.2) is 0 Å². The number of thiol groups is 1. The third kappa shape index (κ3) is 6.71. The smallest absolute Gasteiger partial charge is 0.0281 e. The van der Waals surface area contributed by atoms with Gasteiger partial charge in [-0.05, 0) is 96.8 Å². The van der Waals surface area contributed by atoms with E-state index in [2.05, 4.69) is 98.4 Å². The summed E-state index contributed by atoms with van der Waals surface area (Å²) in [6, 6.07) is 30.5. The summed E-state index contributed by atoms with van der Waals surface area (Å²) in [6.07, 6.45) is 1.82. The summed E-state index contributed by atoms with van der Waals surface area (Å²) in [5.74, 6) is 19.8. The number of rotatable bonds is 2. The maximum atomic E-state index is 4.33. The summed E-state index contributed by atoms with van der Waals surface area (Å²) in [6.45, 7) is 4.30. The van der Waals surface area contributed by atoms with E-state index >= 15 is 0 Å². The van der Waals surface area contributed by atoms with Crippen molar-refractivity contribution in [3.05, 3.63) is 136 Å². The average molecular weight is 467 g/mol. The molecule has 0 amide bonds. The van der Waals surface area contributed by atoms with E-state index in [0.717, 1.165) is 51.1 Å². The lowest BCUT2D eigenvalue weighted by Crippen LogP contribution is -1.91. The van der Waals surface area contributed by atoms with E-state index in [-0.39, 0.29) is 0 Å². The molecular weight excluding hydrogens is 440 g/mol. The zero-order valence-electron chi connectivity index (χ0n) is 20.0. The van der Waals surface area contributed by atoms with Gasteiger partial charge in [-0.15, -0.1) is 12.6 Å². The standard InChI is InChI=1S/C34H26S/c1-3-30-24-28(11-10-26-8-6-5-7-9-26)13-19-33(30)21-15-29-14-20-32(31(4-2)25-29)18-12-27-16-22-34(35)23-17-27/h5-9,13-14,16-17,19-20,22-25,35H,3-4H2,1-2H3. The van der Waals surface area contributed by atoms with E-state index in [0.29, 0.717) is 0 Å². The van der Waals surface area contributed by atoms with Gasteiger partial charge in [-0.2, -0.15) is 0 Å². The Bertz CT molecular complexity index is 1510. The predicted molar refractivity (Wildman–Crippen MR) is 150 cm³/mol. The molecule has 0 radical (unpaired) electrons. The highest BCUT2D eigenvalue weighted by atomic mass is 32.1. The lowest BCUT2D eigenvalue weighted by Gasteiger charge is -2.04. The SMILES string of the molecule is CCc1cc(C#Cc2ccc(C#Cc3ccccc3)cc2CC)ccc1C#Cc1ccc(S)cc1. The second kappa shape index (κ2) is 11.9. The van der Waals surface area contributed by atoms with Crippen LogP contribution in [0.5, 0.6) is 0 Å². The van der Waals surface area contributed by atoms with Crippen molar-refractivity contribution in [2.45, 2.75) is 31.6 Å². The van der Waals surface area contributed by atoms with Crippen molar-refractivity contribution in [1.82, 2.24) is 0 Å². The molecule has 168 valence electrons. The lowest BCUT2D eigenvalue weighted by molar-refractivity contribution is 1.13. The van der Waals surface area contributed by atoms with Gasteiger partial charge in [0.2, 0.25) is 0 Å². The molecule has 0 nitrogen and oxygen atoms in total. The third-order valence-corrected chi connectivity index (χ3v) is 5.95. The summed E-state index contributed by atoms with van der Waals surface area (Å²) in [4.78, 5) is 0.939. The maximum absolute atomic E-state index is 4.33. The highest BCUT2D eigenvalue weighted by molar-refractivity contribution is 7.80. The maximum Gasteiger partial charge on any atom is 0.0281 e. The van der Waals surface area contributed by atoms with Gasteiger partial charge in [-0.1, -0.05) is 67.6 Å². The molecule has 0 saturated carbocycles. The first kappa shape index (κ1) is 24.0. The zero-order chi connectivity index (χ0) is 24.5. The molecule has 4 aromatic rings. The number of benzene rings is 4. The van der Waals surface area contributed by atoms with Gasteiger partial charge in [-0.3, -0.25) is 0 Å². The van der Waals surface area contributed by atoms with Gasteiger partial charge in [0.15, 0.2) is 0 Å². The monoisotopic (exact) mass is 466 g/mol. The van der Waals surface area contributed by atoms with Crippen LogP contribution in [0.15, 0.2) is 95.9 Å². The molecule has 0 aliphatic carbocycles. The minimum absolute atomic E-state index is 0.907. The van der Waals surface area contributed by atoms with Crippen LogP contribution in [-0.4, -0.2) is 0 Å². The van der Waals surface area contributed by atoms with Crippen molar-refractivity contribution >= 4 is 12.6 Å². The Morgan fingerprint density at radius 3 is 1.46 bits per heavy atom. The van der Waals surface area contributed by atoms with Gasteiger partial charge in [0.1, 0.15) is 0 Å². The van der Waals surface area contributed by atoms with E-state index < -0.39 is 0 Å². The Hall–Kier alpha value is -4.09. The van der Waals surface area contributed by atoms with Crippen molar-refractivity contribution in [3.8, 4) is 35.5 Å². The Morgan fingerprint density at radius 1 is 0.486 bits per heavy atom. The highest BCUT2D eigenvalue weighted by Crippen LogP contribution is 2.15. The van der Waals surface area contributed by atoms with Crippen LogP contribution in [0.25, 0.3) is 0 Å². The number of aryl methyl sites for hydroxylation is 2. The fourth-order valence-corrected chi connectivity index (χ4v) is 3.81. The minimum atomic E-state index is 0.907. The number of hydrogen-bond donors (Lipinski definition) is 1. The van der Waals surface area contributed by atoms with Gasteiger partial charge >= 0.3 is 0 Å². The molecule has 0 aliphatic heterocycles. The molecule has 0 saturated heterocycles. The van der Waals surface area contributed by atoms with Crippen molar-refractivity contribution in [2.24, 2.45) is 0 Å². The van der Waals surface area contributed by atoms with Crippen LogP contribution >= 0.6 is 12.6 Å². The van der Waals surface area contributed by atoms with Gasteiger partial charge < -0.3 is 0 Å². The first-order valence-electron chi connectivity index (χ1n) is 11.8. The molecule has 4 rings (SSSR count).